The third-order valence-corrected chi connectivity index (χ3v) is 2.57. The largest absolute Gasteiger partial charge is 0.435 e. The van der Waals surface area contributed by atoms with E-state index in [1.807, 2.05) is 0 Å². The molecule has 0 bridgehead atoms. The predicted molar refractivity (Wildman–Crippen MR) is 61.2 cm³/mol. The van der Waals surface area contributed by atoms with Crippen LogP contribution in [0.2, 0.25) is 0 Å². The Bertz CT molecular complexity index is 595. The van der Waals surface area contributed by atoms with Gasteiger partial charge >= 0.3 is 6.18 Å². The molecule has 8 heteroatoms. The van der Waals surface area contributed by atoms with Crippen LogP contribution in [-0.4, -0.2) is 16.8 Å². The highest BCUT2D eigenvalue weighted by atomic mass is 19.4. The minimum Gasteiger partial charge on any atom is -0.316 e. The van der Waals surface area contributed by atoms with E-state index in [2.05, 4.69) is 10.4 Å². The van der Waals surface area contributed by atoms with Crippen LogP contribution < -0.4 is 5.32 Å². The summed E-state index contributed by atoms with van der Waals surface area (Å²) in [5.74, 6) is -1.96. The molecule has 1 N–H and O–H groups in total. The lowest BCUT2D eigenvalue weighted by molar-refractivity contribution is -0.141. The van der Waals surface area contributed by atoms with Crippen LogP contribution in [0.3, 0.4) is 0 Å². The zero-order valence-electron chi connectivity index (χ0n) is 10.3. The number of hydrogen-bond acceptors (Lipinski definition) is 2. The van der Waals surface area contributed by atoms with Crippen LogP contribution in [0, 0.1) is 11.6 Å². The van der Waals surface area contributed by atoms with Crippen molar-refractivity contribution in [1.29, 1.82) is 0 Å². The van der Waals surface area contributed by atoms with E-state index in [0.717, 1.165) is 18.3 Å². The highest BCUT2D eigenvalue weighted by Crippen LogP contribution is 2.28. The van der Waals surface area contributed by atoms with Gasteiger partial charge in [-0.2, -0.15) is 18.3 Å². The molecule has 108 valence electrons. The standard InChI is InChI=1S/C12H10F5N3/c1-18-6-7-4-8(13)11(9(14)5-7)20-3-2-10(19-20)12(15,16)17/h2-5,18H,6H2,1H3. The second-order valence-corrected chi connectivity index (χ2v) is 4.08. The highest BCUT2D eigenvalue weighted by molar-refractivity contribution is 5.38. The number of aromatic nitrogens is 2. The molecule has 1 heterocycles. The maximum absolute atomic E-state index is 13.8. The summed E-state index contributed by atoms with van der Waals surface area (Å²) in [5.41, 5.74) is -1.51. The van der Waals surface area contributed by atoms with E-state index < -0.39 is 29.2 Å². The number of halogens is 5. The van der Waals surface area contributed by atoms with Crippen molar-refractivity contribution in [3.8, 4) is 5.69 Å². The average Bonchev–Trinajstić information content (AvgIpc) is 2.77. The van der Waals surface area contributed by atoms with Gasteiger partial charge in [-0.25, -0.2) is 13.5 Å². The Morgan fingerprint density at radius 2 is 1.80 bits per heavy atom. The lowest BCUT2D eigenvalue weighted by atomic mass is 10.2. The molecule has 0 aliphatic rings. The van der Waals surface area contributed by atoms with Crippen LogP contribution in [-0.2, 0) is 12.7 Å². The molecule has 0 fully saturated rings. The number of rotatable bonds is 3. The number of benzene rings is 1. The number of hydrogen-bond donors (Lipinski definition) is 1. The van der Waals surface area contributed by atoms with Gasteiger partial charge in [0, 0.05) is 12.7 Å². The van der Waals surface area contributed by atoms with Gasteiger partial charge in [0.15, 0.2) is 17.3 Å². The number of alkyl halides is 3. The van der Waals surface area contributed by atoms with Gasteiger partial charge < -0.3 is 5.32 Å². The molecule has 0 saturated carbocycles. The molecule has 3 nitrogen and oxygen atoms in total. The Labute approximate surface area is 111 Å². The predicted octanol–water partition coefficient (Wildman–Crippen LogP) is 2.89. The van der Waals surface area contributed by atoms with Crippen molar-refractivity contribution in [2.45, 2.75) is 12.7 Å². The molecule has 0 amide bonds. The normalized spacial score (nSPS) is 11.9. The lowest BCUT2D eigenvalue weighted by Crippen LogP contribution is -2.10. The van der Waals surface area contributed by atoms with E-state index in [9.17, 15) is 22.0 Å². The second kappa shape index (κ2) is 5.20. The van der Waals surface area contributed by atoms with Gasteiger partial charge in [0.05, 0.1) is 0 Å². The fraction of sp³-hybridized carbons (Fsp3) is 0.250. The zero-order valence-corrected chi connectivity index (χ0v) is 10.3. The van der Waals surface area contributed by atoms with Gasteiger partial charge in [0.1, 0.15) is 5.69 Å². The molecule has 0 saturated heterocycles. The Morgan fingerprint density at radius 1 is 1.20 bits per heavy atom. The van der Waals surface area contributed by atoms with E-state index >= 15 is 0 Å². The lowest BCUT2D eigenvalue weighted by Gasteiger charge is -2.08. The van der Waals surface area contributed by atoms with Crippen LogP contribution in [0.5, 0.6) is 0 Å². The van der Waals surface area contributed by atoms with Crippen molar-refractivity contribution >= 4 is 0 Å². The van der Waals surface area contributed by atoms with E-state index in [0.29, 0.717) is 16.3 Å². The molecule has 0 unspecified atom stereocenters. The van der Waals surface area contributed by atoms with E-state index in [-0.39, 0.29) is 6.54 Å². The summed E-state index contributed by atoms with van der Waals surface area (Å²) in [7, 11) is 1.60. The molecule has 0 radical (unpaired) electrons. The average molecular weight is 291 g/mol. The van der Waals surface area contributed by atoms with Crippen molar-refractivity contribution in [3.63, 3.8) is 0 Å². The van der Waals surface area contributed by atoms with Crippen LogP contribution >= 0.6 is 0 Å². The summed E-state index contributed by atoms with van der Waals surface area (Å²) in [6, 6.07) is 2.74. The molecule has 2 rings (SSSR count). The Balaban J connectivity index is 2.45. The van der Waals surface area contributed by atoms with Gasteiger partial charge in [-0.1, -0.05) is 0 Å². The first-order chi connectivity index (χ1) is 9.32. The van der Waals surface area contributed by atoms with Crippen molar-refractivity contribution < 1.29 is 22.0 Å². The Morgan fingerprint density at radius 3 is 2.25 bits per heavy atom. The minimum absolute atomic E-state index is 0.237. The third-order valence-electron chi connectivity index (χ3n) is 2.57. The first-order valence-electron chi connectivity index (χ1n) is 5.58. The molecule has 0 atom stereocenters. The van der Waals surface area contributed by atoms with Crippen molar-refractivity contribution in [1.82, 2.24) is 15.1 Å². The molecular weight excluding hydrogens is 281 g/mol. The molecule has 1 aromatic carbocycles. The maximum atomic E-state index is 13.8. The monoisotopic (exact) mass is 291 g/mol. The summed E-state index contributed by atoms with van der Waals surface area (Å²) < 4.78 is 65.4. The first-order valence-corrected chi connectivity index (χ1v) is 5.58. The smallest absolute Gasteiger partial charge is 0.316 e. The topological polar surface area (TPSA) is 29.9 Å². The summed E-state index contributed by atoms with van der Waals surface area (Å²) in [4.78, 5) is 0. The first kappa shape index (κ1) is 14.4. The summed E-state index contributed by atoms with van der Waals surface area (Å²) in [6.45, 7) is 0.237. The summed E-state index contributed by atoms with van der Waals surface area (Å²) >= 11 is 0. The maximum Gasteiger partial charge on any atom is 0.435 e. The van der Waals surface area contributed by atoms with Crippen molar-refractivity contribution in [2.75, 3.05) is 7.05 Å². The second-order valence-electron chi connectivity index (χ2n) is 4.08. The van der Waals surface area contributed by atoms with Crippen LogP contribution in [0.4, 0.5) is 22.0 Å². The number of nitrogens with one attached hydrogen (secondary N) is 1. The minimum atomic E-state index is -4.66. The van der Waals surface area contributed by atoms with E-state index in [4.69, 9.17) is 0 Å². The van der Waals surface area contributed by atoms with Crippen LogP contribution in [0.1, 0.15) is 11.3 Å². The Kier molecular flexibility index (Phi) is 3.76. The molecular formula is C12H10F5N3. The van der Waals surface area contributed by atoms with Crippen LogP contribution in [0.15, 0.2) is 24.4 Å². The van der Waals surface area contributed by atoms with Crippen molar-refractivity contribution in [2.24, 2.45) is 0 Å². The fourth-order valence-corrected chi connectivity index (χ4v) is 1.74. The quantitative estimate of drug-likeness (QED) is 0.881. The highest BCUT2D eigenvalue weighted by Gasteiger charge is 2.34. The SMILES string of the molecule is CNCc1cc(F)c(-n2ccc(C(F)(F)F)n2)c(F)c1. The van der Waals surface area contributed by atoms with Crippen molar-refractivity contribution in [3.05, 3.63) is 47.3 Å². The molecule has 0 aliphatic heterocycles. The van der Waals surface area contributed by atoms with Gasteiger partial charge in [-0.05, 0) is 30.8 Å². The van der Waals surface area contributed by atoms with E-state index in [1.54, 1.807) is 7.05 Å². The van der Waals surface area contributed by atoms with E-state index in [1.165, 1.54) is 0 Å². The van der Waals surface area contributed by atoms with Gasteiger partial charge in [-0.15, -0.1) is 0 Å². The molecule has 2 aromatic rings. The number of nitrogens with zero attached hydrogens (tertiary/aromatic N) is 2. The fourth-order valence-electron chi connectivity index (χ4n) is 1.74. The molecule has 0 spiro atoms. The molecule has 0 aliphatic carbocycles. The summed E-state index contributed by atoms with van der Waals surface area (Å²) in [5, 5.41) is 5.86. The van der Waals surface area contributed by atoms with Gasteiger partial charge in [-0.3, -0.25) is 0 Å². The summed E-state index contributed by atoms with van der Waals surface area (Å²) in [6.07, 6.45) is -3.80. The molecule has 20 heavy (non-hydrogen) atoms. The van der Waals surface area contributed by atoms with Gasteiger partial charge in [0.2, 0.25) is 0 Å². The van der Waals surface area contributed by atoms with Crippen LogP contribution in [0.25, 0.3) is 5.69 Å². The van der Waals surface area contributed by atoms with Gasteiger partial charge in [0.25, 0.3) is 0 Å². The zero-order chi connectivity index (χ0) is 14.9. The third kappa shape index (κ3) is 2.79. The Hall–Kier alpha value is -1.96. The molecule has 1 aromatic heterocycles.